The molecule has 4 aliphatic carbocycles. The smallest absolute Gasteiger partial charge is 0.228 e. The van der Waals surface area contributed by atoms with Gasteiger partial charge in [-0.1, -0.05) is 23.9 Å². The van der Waals surface area contributed by atoms with Gasteiger partial charge >= 0.3 is 0 Å². The van der Waals surface area contributed by atoms with E-state index in [1.54, 1.807) is 0 Å². The number of carbonyl (C=O) groups excluding carboxylic acids is 1. The summed E-state index contributed by atoms with van der Waals surface area (Å²) in [5.41, 5.74) is 2.17. The van der Waals surface area contributed by atoms with E-state index in [4.69, 9.17) is 4.98 Å². The topological polar surface area (TPSA) is 49.0 Å². The molecule has 4 saturated carbocycles. The van der Waals surface area contributed by atoms with Gasteiger partial charge in [0, 0.05) is 18.3 Å². The second-order valence-electron chi connectivity index (χ2n) is 9.87. The molecule has 2 heterocycles. The number of imidazole rings is 1. The van der Waals surface area contributed by atoms with Crippen molar-refractivity contribution in [2.75, 3.05) is 13.1 Å². The van der Waals surface area contributed by atoms with Gasteiger partial charge in [0.2, 0.25) is 5.91 Å². The number of aromatic amines is 1. The van der Waals surface area contributed by atoms with Crippen molar-refractivity contribution < 1.29 is 4.79 Å². The fourth-order valence-corrected chi connectivity index (χ4v) is 8.11. The van der Waals surface area contributed by atoms with Gasteiger partial charge in [-0.05, 0) is 81.3 Å². The molecule has 5 aliphatic rings. The minimum Gasteiger partial charge on any atom is -0.342 e. The highest BCUT2D eigenvalue weighted by Crippen LogP contribution is 2.60. The molecular formula is C23H29N3OS. The van der Waals surface area contributed by atoms with Crippen molar-refractivity contribution in [2.24, 2.45) is 23.2 Å². The Morgan fingerprint density at radius 1 is 1.04 bits per heavy atom. The van der Waals surface area contributed by atoms with Gasteiger partial charge in [-0.15, -0.1) is 0 Å². The first-order chi connectivity index (χ1) is 13.7. The van der Waals surface area contributed by atoms with Crippen LogP contribution in [0.2, 0.25) is 0 Å². The van der Waals surface area contributed by atoms with E-state index in [1.165, 1.54) is 38.5 Å². The summed E-state index contributed by atoms with van der Waals surface area (Å²) in [6, 6.07) is 8.22. The SMILES string of the molecule is O=C(N1CCC(Sc2nc3ccccc3[nH]2)CC1)C12CC3CC(CC(C3)C1)C2. The Labute approximate surface area is 170 Å². The highest BCUT2D eigenvalue weighted by Gasteiger charge is 2.55. The highest BCUT2D eigenvalue weighted by molar-refractivity contribution is 7.99. The van der Waals surface area contributed by atoms with Gasteiger partial charge in [0.25, 0.3) is 0 Å². The lowest BCUT2D eigenvalue weighted by Gasteiger charge is -2.57. The van der Waals surface area contributed by atoms with Crippen LogP contribution in [-0.4, -0.2) is 39.1 Å². The van der Waals surface area contributed by atoms with Crippen LogP contribution in [0.5, 0.6) is 0 Å². The molecule has 1 aromatic heterocycles. The maximum absolute atomic E-state index is 13.5. The molecule has 0 unspecified atom stereocenters. The lowest BCUT2D eigenvalue weighted by molar-refractivity contribution is -0.158. The number of para-hydroxylation sites is 2. The van der Waals surface area contributed by atoms with Gasteiger partial charge in [0.05, 0.1) is 16.4 Å². The first-order valence-corrected chi connectivity index (χ1v) is 12.0. The number of H-pyrrole nitrogens is 1. The Kier molecular flexibility index (Phi) is 4.04. The normalized spacial score (nSPS) is 35.0. The second kappa shape index (κ2) is 6.51. The number of likely N-dealkylation sites (tertiary alicyclic amines) is 1. The third-order valence-corrected chi connectivity index (χ3v) is 9.09. The number of carbonyl (C=O) groups is 1. The maximum Gasteiger partial charge on any atom is 0.228 e. The zero-order valence-corrected chi connectivity index (χ0v) is 17.2. The number of benzene rings is 1. The molecule has 4 nitrogen and oxygen atoms in total. The number of nitrogens with one attached hydrogen (secondary N) is 1. The molecule has 0 radical (unpaired) electrons. The summed E-state index contributed by atoms with van der Waals surface area (Å²) in [4.78, 5) is 23.9. The molecule has 5 fully saturated rings. The van der Waals surface area contributed by atoms with Crippen LogP contribution in [0.25, 0.3) is 11.0 Å². The van der Waals surface area contributed by atoms with Crippen LogP contribution < -0.4 is 0 Å². The molecule has 1 aliphatic heterocycles. The summed E-state index contributed by atoms with van der Waals surface area (Å²) >= 11 is 1.86. The second-order valence-corrected chi connectivity index (χ2v) is 11.2. The third-order valence-electron chi connectivity index (χ3n) is 7.87. The van der Waals surface area contributed by atoms with Crippen LogP contribution in [0.3, 0.4) is 0 Å². The minimum atomic E-state index is 0.0213. The van der Waals surface area contributed by atoms with Crippen LogP contribution in [0.1, 0.15) is 51.4 Å². The van der Waals surface area contributed by atoms with E-state index in [9.17, 15) is 4.79 Å². The van der Waals surface area contributed by atoms with E-state index in [0.29, 0.717) is 11.2 Å². The predicted octanol–water partition coefficient (Wildman–Crippen LogP) is 4.86. The zero-order valence-electron chi connectivity index (χ0n) is 16.4. The molecule has 1 amide bonds. The summed E-state index contributed by atoms with van der Waals surface area (Å²) in [5.74, 6) is 3.04. The third kappa shape index (κ3) is 2.89. The predicted molar refractivity (Wildman–Crippen MR) is 112 cm³/mol. The van der Waals surface area contributed by atoms with Crippen molar-refractivity contribution in [3.63, 3.8) is 0 Å². The summed E-state index contributed by atoms with van der Waals surface area (Å²) < 4.78 is 0. The lowest BCUT2D eigenvalue weighted by Crippen LogP contribution is -2.55. The summed E-state index contributed by atoms with van der Waals surface area (Å²) in [7, 11) is 0. The zero-order chi connectivity index (χ0) is 18.7. The molecule has 1 aromatic carbocycles. The van der Waals surface area contributed by atoms with Gasteiger partial charge in [-0.25, -0.2) is 4.98 Å². The summed E-state index contributed by atoms with van der Waals surface area (Å²) in [6.07, 6.45) is 9.94. The number of piperidine rings is 1. The molecule has 0 atom stereocenters. The Morgan fingerprint density at radius 3 is 2.32 bits per heavy atom. The Hall–Kier alpha value is -1.49. The average Bonchev–Trinajstić information content (AvgIpc) is 3.09. The molecule has 28 heavy (non-hydrogen) atoms. The van der Waals surface area contributed by atoms with E-state index >= 15 is 0 Å². The molecule has 4 bridgehead atoms. The van der Waals surface area contributed by atoms with E-state index in [-0.39, 0.29) is 5.41 Å². The van der Waals surface area contributed by atoms with E-state index in [1.807, 2.05) is 23.9 Å². The molecule has 1 N–H and O–H groups in total. The average molecular weight is 396 g/mol. The number of hydrogen-bond acceptors (Lipinski definition) is 3. The van der Waals surface area contributed by atoms with Crippen molar-refractivity contribution in [3.8, 4) is 0 Å². The Bertz CT molecular complexity index is 830. The van der Waals surface area contributed by atoms with Crippen LogP contribution in [0.4, 0.5) is 0 Å². The van der Waals surface area contributed by atoms with Crippen LogP contribution in [0, 0.1) is 23.2 Å². The molecule has 7 rings (SSSR count). The molecule has 5 heteroatoms. The van der Waals surface area contributed by atoms with Crippen LogP contribution in [0.15, 0.2) is 29.4 Å². The Balaban J connectivity index is 1.10. The van der Waals surface area contributed by atoms with E-state index in [0.717, 1.165) is 59.9 Å². The first-order valence-electron chi connectivity index (χ1n) is 11.1. The van der Waals surface area contributed by atoms with Crippen molar-refractivity contribution in [1.29, 1.82) is 0 Å². The van der Waals surface area contributed by atoms with Crippen molar-refractivity contribution in [2.45, 2.75) is 61.8 Å². The largest absolute Gasteiger partial charge is 0.342 e. The highest BCUT2D eigenvalue weighted by atomic mass is 32.2. The van der Waals surface area contributed by atoms with Crippen molar-refractivity contribution in [1.82, 2.24) is 14.9 Å². The van der Waals surface area contributed by atoms with Crippen molar-refractivity contribution >= 4 is 28.7 Å². The summed E-state index contributed by atoms with van der Waals surface area (Å²) in [6.45, 7) is 1.86. The molecule has 0 spiro atoms. The molecule has 1 saturated heterocycles. The monoisotopic (exact) mass is 395 g/mol. The molecule has 148 valence electrons. The minimum absolute atomic E-state index is 0.0213. The van der Waals surface area contributed by atoms with Crippen LogP contribution >= 0.6 is 11.8 Å². The maximum atomic E-state index is 13.5. The number of thioether (sulfide) groups is 1. The summed E-state index contributed by atoms with van der Waals surface area (Å²) in [5, 5.41) is 1.58. The fourth-order valence-electron chi connectivity index (χ4n) is 7.03. The van der Waals surface area contributed by atoms with Crippen LogP contribution in [-0.2, 0) is 4.79 Å². The number of fused-ring (bicyclic) bond motifs is 1. The standard InChI is InChI=1S/C23H29N3OS/c27-21(23-12-15-9-16(13-23)11-17(10-15)14-23)26-7-5-18(6-8-26)28-22-24-19-3-1-2-4-20(19)25-22/h1-4,15-18H,5-14H2,(H,24,25). The number of nitrogens with zero attached hydrogens (tertiary/aromatic N) is 2. The first kappa shape index (κ1) is 17.4. The van der Waals surface area contributed by atoms with Gasteiger partial charge in [-0.2, -0.15) is 0 Å². The van der Waals surface area contributed by atoms with Gasteiger partial charge in [0.1, 0.15) is 0 Å². The number of rotatable bonds is 3. The lowest BCUT2D eigenvalue weighted by atomic mass is 9.49. The van der Waals surface area contributed by atoms with Gasteiger partial charge in [-0.3, -0.25) is 4.79 Å². The molecule has 2 aromatic rings. The number of amides is 1. The van der Waals surface area contributed by atoms with Gasteiger partial charge < -0.3 is 9.88 Å². The molecular weight excluding hydrogens is 366 g/mol. The van der Waals surface area contributed by atoms with Gasteiger partial charge in [0.15, 0.2) is 5.16 Å². The van der Waals surface area contributed by atoms with Crippen molar-refractivity contribution in [3.05, 3.63) is 24.3 Å². The van der Waals surface area contributed by atoms with E-state index < -0.39 is 0 Å². The Morgan fingerprint density at radius 2 is 1.68 bits per heavy atom. The quantitative estimate of drug-likeness (QED) is 0.807. The number of aromatic nitrogens is 2. The van der Waals surface area contributed by atoms with E-state index in [2.05, 4.69) is 22.0 Å². The number of hydrogen-bond donors (Lipinski definition) is 1. The fraction of sp³-hybridized carbons (Fsp3) is 0.652.